The van der Waals surface area contributed by atoms with Gasteiger partial charge in [0.2, 0.25) is 0 Å². The quantitative estimate of drug-likeness (QED) is 0.371. The molecule has 0 saturated heterocycles. The fraction of sp³-hybridized carbons (Fsp3) is 1.00. The summed E-state index contributed by atoms with van der Waals surface area (Å²) in [6.45, 7) is 4.62. The van der Waals surface area contributed by atoms with E-state index < -0.39 is 5.85 Å². The Labute approximate surface area is 61.3 Å². The number of rotatable bonds is 5. The molecule has 0 amide bonds. The van der Waals surface area contributed by atoms with Crippen LogP contribution in [0, 0.1) is 0 Å². The van der Waals surface area contributed by atoms with Crippen molar-refractivity contribution in [2.45, 2.75) is 19.7 Å². The molecule has 0 aromatic heterocycles. The normalized spacial score (nSPS) is 12.0. The summed E-state index contributed by atoms with van der Waals surface area (Å²) in [6, 6.07) is 0. The van der Waals surface area contributed by atoms with Gasteiger partial charge in [0.15, 0.2) is 5.85 Å². The van der Waals surface area contributed by atoms with Crippen molar-refractivity contribution in [2.24, 2.45) is 0 Å². The molecular weight excluding hydrogens is 132 g/mol. The molecule has 0 fully saturated rings. The molecule has 0 heterocycles. The molecule has 0 aliphatic carbocycles. The number of hydrogen-bond acceptors (Lipinski definition) is 4. The van der Waals surface area contributed by atoms with Gasteiger partial charge in [0.05, 0.1) is 0 Å². The maximum Gasteiger partial charge on any atom is 0.196 e. The van der Waals surface area contributed by atoms with Crippen LogP contribution in [0.1, 0.15) is 13.8 Å². The first kappa shape index (κ1) is 9.84. The van der Waals surface area contributed by atoms with Crippen molar-refractivity contribution >= 4 is 0 Å². The number of nitrogens with one attached hydrogen (secondary N) is 2. The van der Waals surface area contributed by atoms with E-state index in [1.54, 1.807) is 0 Å². The smallest absolute Gasteiger partial charge is 0.196 e. The van der Waals surface area contributed by atoms with E-state index in [2.05, 4.69) is 10.6 Å². The summed E-state index contributed by atoms with van der Waals surface area (Å²) >= 11 is 0. The minimum Gasteiger partial charge on any atom is -0.390 e. The average Bonchev–Trinajstić information content (AvgIpc) is 1.89. The second-order valence-corrected chi connectivity index (χ2v) is 2.08. The predicted octanol–water partition coefficient (Wildman–Crippen LogP) is -1.16. The molecule has 0 radical (unpaired) electrons. The fourth-order valence-corrected chi connectivity index (χ4v) is 0.759. The molecule has 0 saturated carbocycles. The van der Waals surface area contributed by atoms with Crippen LogP contribution in [0.3, 0.4) is 0 Å². The third kappa shape index (κ3) is 3.12. The van der Waals surface area contributed by atoms with Crippen LogP contribution in [0.25, 0.3) is 0 Å². The zero-order valence-corrected chi connectivity index (χ0v) is 6.52. The molecule has 0 aromatic rings. The second kappa shape index (κ2) is 4.62. The summed E-state index contributed by atoms with van der Waals surface area (Å²) in [6.07, 6.45) is 0. The minimum absolute atomic E-state index is 0.325. The lowest BCUT2D eigenvalue weighted by Gasteiger charge is -2.26. The molecule has 0 atom stereocenters. The minimum atomic E-state index is -1.30. The van der Waals surface area contributed by atoms with Crippen molar-refractivity contribution in [2.75, 3.05) is 19.7 Å². The Hall–Kier alpha value is -0.160. The van der Waals surface area contributed by atoms with Crippen molar-refractivity contribution in [3.63, 3.8) is 0 Å². The first-order chi connectivity index (χ1) is 4.68. The molecule has 4 nitrogen and oxygen atoms in total. The van der Waals surface area contributed by atoms with Gasteiger partial charge in [-0.1, -0.05) is 13.8 Å². The molecule has 62 valence electrons. The Bertz CT molecular complexity index is 81.8. The van der Waals surface area contributed by atoms with E-state index in [4.69, 9.17) is 5.11 Å². The van der Waals surface area contributed by atoms with Crippen molar-refractivity contribution in [3.8, 4) is 0 Å². The first-order valence-corrected chi connectivity index (χ1v) is 3.51. The predicted molar refractivity (Wildman–Crippen MR) is 39.4 cm³/mol. The number of hydrogen-bond donors (Lipinski definition) is 4. The maximum absolute atomic E-state index is 9.35. The Morgan fingerprint density at radius 1 is 1.20 bits per heavy atom. The topological polar surface area (TPSA) is 64.5 Å². The van der Waals surface area contributed by atoms with Crippen LogP contribution in [-0.4, -0.2) is 35.8 Å². The van der Waals surface area contributed by atoms with Crippen molar-refractivity contribution in [1.29, 1.82) is 0 Å². The lowest BCUT2D eigenvalue weighted by Crippen LogP contribution is -2.59. The first-order valence-electron chi connectivity index (χ1n) is 3.51. The third-order valence-electron chi connectivity index (χ3n) is 1.17. The molecule has 0 aliphatic heterocycles. The third-order valence-corrected chi connectivity index (χ3v) is 1.17. The van der Waals surface area contributed by atoms with Gasteiger partial charge >= 0.3 is 0 Å². The Morgan fingerprint density at radius 3 is 1.80 bits per heavy atom. The largest absolute Gasteiger partial charge is 0.390 e. The van der Waals surface area contributed by atoms with Crippen molar-refractivity contribution in [3.05, 3.63) is 0 Å². The highest BCUT2D eigenvalue weighted by atomic mass is 16.4. The molecule has 0 aliphatic rings. The SMILES string of the molecule is CCNC(O)(CO)NCC. The summed E-state index contributed by atoms with van der Waals surface area (Å²) in [5.41, 5.74) is 0. The van der Waals surface area contributed by atoms with Gasteiger partial charge in [-0.15, -0.1) is 0 Å². The molecule has 0 rings (SSSR count). The van der Waals surface area contributed by atoms with E-state index >= 15 is 0 Å². The molecule has 0 spiro atoms. The summed E-state index contributed by atoms with van der Waals surface area (Å²) in [4.78, 5) is 0. The van der Waals surface area contributed by atoms with Gasteiger partial charge in [-0.05, 0) is 13.1 Å². The van der Waals surface area contributed by atoms with Crippen LogP contribution < -0.4 is 10.6 Å². The van der Waals surface area contributed by atoms with E-state index in [0.717, 1.165) is 0 Å². The van der Waals surface area contributed by atoms with Gasteiger partial charge in [-0.25, -0.2) is 0 Å². The van der Waals surface area contributed by atoms with Gasteiger partial charge in [-0.2, -0.15) is 0 Å². The van der Waals surface area contributed by atoms with Crippen LogP contribution in [0.2, 0.25) is 0 Å². The Kier molecular flexibility index (Phi) is 4.55. The highest BCUT2D eigenvalue weighted by molar-refractivity contribution is 4.69. The summed E-state index contributed by atoms with van der Waals surface area (Å²) in [5, 5.41) is 23.4. The highest BCUT2D eigenvalue weighted by Crippen LogP contribution is 1.90. The van der Waals surface area contributed by atoms with Gasteiger partial charge in [0.25, 0.3) is 0 Å². The lowest BCUT2D eigenvalue weighted by atomic mass is 10.4. The lowest BCUT2D eigenvalue weighted by molar-refractivity contribution is -0.0679. The Morgan fingerprint density at radius 2 is 1.60 bits per heavy atom. The van der Waals surface area contributed by atoms with Gasteiger partial charge in [0, 0.05) is 0 Å². The molecule has 0 aromatic carbocycles. The highest BCUT2D eigenvalue weighted by Gasteiger charge is 2.21. The number of likely N-dealkylation sites (N-methyl/N-ethyl adjacent to an activating group) is 2. The van der Waals surface area contributed by atoms with E-state index in [0.29, 0.717) is 13.1 Å². The van der Waals surface area contributed by atoms with Crippen LogP contribution in [-0.2, 0) is 0 Å². The molecule has 0 bridgehead atoms. The van der Waals surface area contributed by atoms with Crippen LogP contribution in [0.5, 0.6) is 0 Å². The van der Waals surface area contributed by atoms with Gasteiger partial charge in [-0.3, -0.25) is 10.6 Å². The van der Waals surface area contributed by atoms with E-state index in [-0.39, 0.29) is 6.61 Å². The van der Waals surface area contributed by atoms with Gasteiger partial charge < -0.3 is 10.2 Å². The van der Waals surface area contributed by atoms with E-state index in [1.165, 1.54) is 0 Å². The molecule has 0 unspecified atom stereocenters. The molecule has 10 heavy (non-hydrogen) atoms. The van der Waals surface area contributed by atoms with Crippen molar-refractivity contribution < 1.29 is 10.2 Å². The standard InChI is InChI=1S/C6H16N2O2/c1-3-7-6(10,5-9)8-4-2/h7-10H,3-5H2,1-2H3. The number of aliphatic hydroxyl groups is 2. The van der Waals surface area contributed by atoms with E-state index in [1.807, 2.05) is 13.8 Å². The monoisotopic (exact) mass is 148 g/mol. The maximum atomic E-state index is 9.35. The zero-order chi connectivity index (χ0) is 8.04. The zero-order valence-electron chi connectivity index (χ0n) is 6.52. The van der Waals surface area contributed by atoms with Crippen LogP contribution in [0.4, 0.5) is 0 Å². The van der Waals surface area contributed by atoms with Gasteiger partial charge in [0.1, 0.15) is 6.61 Å². The average molecular weight is 148 g/mol. The van der Waals surface area contributed by atoms with E-state index in [9.17, 15) is 5.11 Å². The Balaban J connectivity index is 3.69. The summed E-state index contributed by atoms with van der Waals surface area (Å²) < 4.78 is 0. The number of aliphatic hydroxyl groups excluding tert-OH is 1. The van der Waals surface area contributed by atoms with Crippen molar-refractivity contribution in [1.82, 2.24) is 10.6 Å². The fourth-order valence-electron chi connectivity index (χ4n) is 0.759. The van der Waals surface area contributed by atoms with Crippen LogP contribution >= 0.6 is 0 Å². The second-order valence-electron chi connectivity index (χ2n) is 2.08. The molecule has 4 heteroatoms. The molecule has 4 N–H and O–H groups in total. The summed E-state index contributed by atoms with van der Waals surface area (Å²) in [7, 11) is 0. The summed E-state index contributed by atoms with van der Waals surface area (Å²) in [5.74, 6) is -1.30. The molecular formula is C6H16N2O2. The van der Waals surface area contributed by atoms with Crippen LogP contribution in [0.15, 0.2) is 0 Å².